The van der Waals surface area contributed by atoms with Crippen LogP contribution in [0.3, 0.4) is 0 Å². The van der Waals surface area contributed by atoms with Crippen molar-refractivity contribution in [2.75, 3.05) is 18.6 Å². The van der Waals surface area contributed by atoms with Gasteiger partial charge in [-0.05, 0) is 44.2 Å². The van der Waals surface area contributed by atoms with E-state index in [1.807, 2.05) is 6.26 Å². The molecule has 0 saturated heterocycles. The molecule has 1 heterocycles. The van der Waals surface area contributed by atoms with Crippen LogP contribution in [0, 0.1) is 0 Å². The number of carboxylic acid groups (broad SMARTS) is 1. The molecule has 0 aliphatic heterocycles. The van der Waals surface area contributed by atoms with Gasteiger partial charge in [0.2, 0.25) is 23.6 Å². The fourth-order valence-electron chi connectivity index (χ4n) is 3.22. The van der Waals surface area contributed by atoms with Crippen molar-refractivity contribution in [3.05, 3.63) is 18.2 Å². The van der Waals surface area contributed by atoms with E-state index in [1.54, 1.807) is 0 Å². The average Bonchev–Trinajstić information content (AvgIpc) is 3.33. The molecular weight excluding hydrogens is 492 g/mol. The SMILES string of the molecule is CSCCC(NC(=O)C(CCCCN)NC(=O)C(N)CC(N)=O)C(=O)NC(Cc1cnc[nH]1)C(=O)O. The van der Waals surface area contributed by atoms with Crippen molar-refractivity contribution in [3.8, 4) is 0 Å². The van der Waals surface area contributed by atoms with E-state index < -0.39 is 60.2 Å². The molecule has 4 amide bonds. The Labute approximate surface area is 213 Å². The van der Waals surface area contributed by atoms with Crippen molar-refractivity contribution in [1.82, 2.24) is 25.9 Å². The van der Waals surface area contributed by atoms with Crippen molar-refractivity contribution < 1.29 is 29.1 Å². The standard InChI is InChI=1S/C21H36N8O6S/c1-36-7-5-15(20(33)29-16(21(34)35)8-12-10-25-11-26-12)28-19(32)14(4-2-3-6-22)27-18(31)13(23)9-17(24)30/h10-11,13-16H,2-9,22-23H2,1H3,(H2,24,30)(H,25,26)(H,27,31)(H,28,32)(H,29,33)(H,34,35). The molecule has 0 aliphatic carbocycles. The number of nitrogens with zero attached hydrogens (tertiary/aromatic N) is 1. The number of aromatic amines is 1. The van der Waals surface area contributed by atoms with Crippen molar-refractivity contribution in [2.45, 2.75) is 62.7 Å². The summed E-state index contributed by atoms with van der Waals surface area (Å²) in [5.41, 5.74) is 16.8. The lowest BCUT2D eigenvalue weighted by Crippen LogP contribution is -2.57. The maximum absolute atomic E-state index is 13.1. The molecule has 0 aromatic carbocycles. The Kier molecular flexibility index (Phi) is 14.1. The van der Waals surface area contributed by atoms with Gasteiger partial charge < -0.3 is 43.2 Å². The molecule has 0 aliphatic rings. The number of thioether (sulfide) groups is 1. The number of primary amides is 1. The molecule has 4 atom stereocenters. The molecule has 0 saturated carbocycles. The number of H-pyrrole nitrogens is 1. The minimum atomic E-state index is -1.25. The number of amides is 4. The Balaban J connectivity index is 2.95. The lowest BCUT2D eigenvalue weighted by molar-refractivity contribution is -0.142. The first-order valence-electron chi connectivity index (χ1n) is 11.4. The summed E-state index contributed by atoms with van der Waals surface area (Å²) in [4.78, 5) is 67.8. The number of carboxylic acids is 1. The Morgan fingerprint density at radius 2 is 1.64 bits per heavy atom. The first-order valence-corrected chi connectivity index (χ1v) is 12.8. The van der Waals surface area contributed by atoms with Crippen LogP contribution in [0.4, 0.5) is 0 Å². The smallest absolute Gasteiger partial charge is 0.326 e. The summed E-state index contributed by atoms with van der Waals surface area (Å²) in [5, 5.41) is 17.1. The fraction of sp³-hybridized carbons (Fsp3) is 0.619. The van der Waals surface area contributed by atoms with Crippen LogP contribution in [0.5, 0.6) is 0 Å². The summed E-state index contributed by atoms with van der Waals surface area (Å²) in [6.45, 7) is 0.384. The molecule has 1 aromatic heterocycles. The predicted molar refractivity (Wildman–Crippen MR) is 133 cm³/mol. The minimum Gasteiger partial charge on any atom is -0.480 e. The van der Waals surface area contributed by atoms with Crippen LogP contribution < -0.4 is 33.2 Å². The number of carbonyl (C=O) groups is 5. The quantitative estimate of drug-likeness (QED) is 0.0936. The maximum Gasteiger partial charge on any atom is 0.326 e. The van der Waals surface area contributed by atoms with Crippen LogP contribution in [-0.2, 0) is 30.4 Å². The van der Waals surface area contributed by atoms with E-state index >= 15 is 0 Å². The van der Waals surface area contributed by atoms with Gasteiger partial charge in [-0.1, -0.05) is 0 Å². The molecule has 0 bridgehead atoms. The van der Waals surface area contributed by atoms with Crippen LogP contribution in [0.2, 0.25) is 0 Å². The van der Waals surface area contributed by atoms with Crippen molar-refractivity contribution in [2.24, 2.45) is 17.2 Å². The largest absolute Gasteiger partial charge is 0.480 e. The van der Waals surface area contributed by atoms with Gasteiger partial charge in [0.1, 0.15) is 18.1 Å². The number of carbonyl (C=O) groups excluding carboxylic acids is 4. The molecule has 202 valence electrons. The number of nitrogens with one attached hydrogen (secondary N) is 4. The Hall–Kier alpha value is -3.17. The van der Waals surface area contributed by atoms with Crippen molar-refractivity contribution in [1.29, 1.82) is 0 Å². The molecular formula is C21H36N8O6S. The van der Waals surface area contributed by atoms with Gasteiger partial charge in [0.25, 0.3) is 0 Å². The summed E-state index contributed by atoms with van der Waals surface area (Å²) < 4.78 is 0. The van der Waals surface area contributed by atoms with Crippen LogP contribution in [0.1, 0.15) is 37.8 Å². The molecule has 14 nitrogen and oxygen atoms in total. The van der Waals surface area contributed by atoms with Crippen LogP contribution >= 0.6 is 11.8 Å². The zero-order valence-corrected chi connectivity index (χ0v) is 21.0. The van der Waals surface area contributed by atoms with Crippen molar-refractivity contribution >= 4 is 41.4 Å². The van der Waals surface area contributed by atoms with Crippen LogP contribution in [0.25, 0.3) is 0 Å². The molecule has 4 unspecified atom stereocenters. The highest BCUT2D eigenvalue weighted by molar-refractivity contribution is 7.98. The normalized spacial score (nSPS) is 14.2. The second kappa shape index (κ2) is 16.5. The molecule has 11 N–H and O–H groups in total. The summed E-state index contributed by atoms with van der Waals surface area (Å²) in [6.07, 6.45) is 5.79. The molecule has 15 heteroatoms. The number of imidazole rings is 1. The average molecular weight is 529 g/mol. The zero-order valence-electron chi connectivity index (χ0n) is 20.2. The second-order valence-electron chi connectivity index (χ2n) is 8.15. The lowest BCUT2D eigenvalue weighted by Gasteiger charge is -2.25. The summed E-state index contributed by atoms with van der Waals surface area (Å²) in [5.74, 6) is -3.57. The number of unbranched alkanes of at least 4 members (excludes halogenated alkanes) is 1. The summed E-state index contributed by atoms with van der Waals surface area (Å²) in [7, 11) is 0. The van der Waals surface area contributed by atoms with Gasteiger partial charge in [0.05, 0.1) is 18.8 Å². The minimum absolute atomic E-state index is 0.0280. The molecule has 1 aromatic rings. The van der Waals surface area contributed by atoms with Crippen molar-refractivity contribution in [3.63, 3.8) is 0 Å². The van der Waals surface area contributed by atoms with Gasteiger partial charge in [-0.3, -0.25) is 19.2 Å². The van der Waals surface area contributed by atoms with E-state index in [1.165, 1.54) is 24.3 Å². The number of hydrogen-bond donors (Lipinski definition) is 8. The molecule has 0 radical (unpaired) electrons. The first-order chi connectivity index (χ1) is 17.1. The Morgan fingerprint density at radius 1 is 1.03 bits per heavy atom. The number of aromatic nitrogens is 2. The van der Waals surface area contributed by atoms with E-state index in [4.69, 9.17) is 17.2 Å². The topological polar surface area (TPSA) is 248 Å². The summed E-state index contributed by atoms with van der Waals surface area (Å²) >= 11 is 1.44. The van der Waals surface area contributed by atoms with Gasteiger partial charge in [-0.25, -0.2) is 9.78 Å². The molecule has 36 heavy (non-hydrogen) atoms. The van der Waals surface area contributed by atoms with E-state index in [2.05, 4.69) is 25.9 Å². The van der Waals surface area contributed by atoms with E-state index in [-0.39, 0.29) is 19.3 Å². The van der Waals surface area contributed by atoms with Gasteiger partial charge in [0.15, 0.2) is 0 Å². The van der Waals surface area contributed by atoms with E-state index in [0.29, 0.717) is 30.8 Å². The third kappa shape index (κ3) is 11.5. The molecule has 0 fully saturated rings. The summed E-state index contributed by atoms with van der Waals surface area (Å²) in [6, 6.07) is -4.59. The van der Waals surface area contributed by atoms with Crippen LogP contribution in [0.15, 0.2) is 12.5 Å². The monoisotopic (exact) mass is 528 g/mol. The molecule has 1 rings (SSSR count). The van der Waals surface area contributed by atoms with Gasteiger partial charge in [-0.2, -0.15) is 11.8 Å². The van der Waals surface area contributed by atoms with Gasteiger partial charge in [-0.15, -0.1) is 0 Å². The van der Waals surface area contributed by atoms with Gasteiger partial charge in [0, 0.05) is 18.3 Å². The van der Waals surface area contributed by atoms with E-state index in [0.717, 1.165) is 0 Å². The first kappa shape index (κ1) is 30.9. The van der Waals surface area contributed by atoms with Gasteiger partial charge >= 0.3 is 5.97 Å². The second-order valence-corrected chi connectivity index (χ2v) is 9.13. The highest BCUT2D eigenvalue weighted by atomic mass is 32.2. The predicted octanol–water partition coefficient (Wildman–Crippen LogP) is -2.42. The Morgan fingerprint density at radius 3 is 2.17 bits per heavy atom. The zero-order chi connectivity index (χ0) is 27.1. The number of aliphatic carboxylic acids is 1. The highest BCUT2D eigenvalue weighted by Gasteiger charge is 2.30. The lowest BCUT2D eigenvalue weighted by atomic mass is 10.1. The third-order valence-electron chi connectivity index (χ3n) is 5.17. The number of rotatable bonds is 18. The fourth-order valence-corrected chi connectivity index (χ4v) is 3.69. The Bertz CT molecular complexity index is 869. The van der Waals surface area contributed by atoms with E-state index in [9.17, 15) is 29.1 Å². The van der Waals surface area contributed by atoms with Crippen LogP contribution in [-0.4, -0.2) is 87.4 Å². The highest BCUT2D eigenvalue weighted by Crippen LogP contribution is 2.07. The maximum atomic E-state index is 13.1. The number of hydrogen-bond acceptors (Lipinski definition) is 9. The number of nitrogens with two attached hydrogens (primary N) is 3. The molecule has 0 spiro atoms. The third-order valence-corrected chi connectivity index (χ3v) is 5.82.